The number of fused-ring (bicyclic) bond motifs is 1. The van der Waals surface area contributed by atoms with Crippen LogP contribution in [-0.2, 0) is 17.8 Å². The summed E-state index contributed by atoms with van der Waals surface area (Å²) in [6.45, 7) is 3.98. The largest absolute Gasteiger partial charge is 0.353 e. The maximum absolute atomic E-state index is 13.6. The molecule has 0 radical (unpaired) electrons. The SMILES string of the molecule is CC(CNC(=O)CNC(=O)c1ccc(F)cc1F)N1CCc2ccccc2C1. The Morgan fingerprint density at radius 1 is 1.11 bits per heavy atom. The molecule has 1 heterocycles. The zero-order chi connectivity index (χ0) is 20.1. The van der Waals surface area contributed by atoms with Gasteiger partial charge in [0.05, 0.1) is 12.1 Å². The van der Waals surface area contributed by atoms with Crippen molar-refractivity contribution in [1.82, 2.24) is 15.5 Å². The smallest absolute Gasteiger partial charge is 0.254 e. The van der Waals surface area contributed by atoms with E-state index in [2.05, 4.69) is 27.7 Å². The highest BCUT2D eigenvalue weighted by Crippen LogP contribution is 2.19. The van der Waals surface area contributed by atoms with Crippen molar-refractivity contribution in [2.75, 3.05) is 19.6 Å². The molecule has 148 valence electrons. The van der Waals surface area contributed by atoms with E-state index in [-0.39, 0.29) is 24.1 Å². The monoisotopic (exact) mass is 387 g/mol. The first-order valence-electron chi connectivity index (χ1n) is 9.25. The molecule has 0 spiro atoms. The Morgan fingerprint density at radius 3 is 2.61 bits per heavy atom. The number of carbonyl (C=O) groups excluding carboxylic acids is 2. The highest BCUT2D eigenvalue weighted by Gasteiger charge is 2.21. The molecule has 1 unspecified atom stereocenters. The number of hydrogen-bond acceptors (Lipinski definition) is 3. The van der Waals surface area contributed by atoms with Crippen molar-refractivity contribution in [2.45, 2.75) is 25.9 Å². The second kappa shape index (κ2) is 8.93. The predicted molar refractivity (Wildman–Crippen MR) is 102 cm³/mol. The first kappa shape index (κ1) is 19.9. The van der Waals surface area contributed by atoms with E-state index in [4.69, 9.17) is 0 Å². The van der Waals surface area contributed by atoms with Crippen LogP contribution in [0, 0.1) is 11.6 Å². The average molecular weight is 387 g/mol. The van der Waals surface area contributed by atoms with Crippen molar-refractivity contribution < 1.29 is 18.4 Å². The van der Waals surface area contributed by atoms with Gasteiger partial charge in [0.15, 0.2) is 0 Å². The lowest BCUT2D eigenvalue weighted by Gasteiger charge is -2.33. The number of carbonyl (C=O) groups is 2. The van der Waals surface area contributed by atoms with Crippen molar-refractivity contribution in [2.24, 2.45) is 0 Å². The third-order valence-corrected chi connectivity index (χ3v) is 4.96. The van der Waals surface area contributed by atoms with Crippen molar-refractivity contribution in [3.8, 4) is 0 Å². The summed E-state index contributed by atoms with van der Waals surface area (Å²) in [5.41, 5.74) is 2.38. The molecule has 1 atom stereocenters. The number of benzene rings is 2. The number of hydrogen-bond donors (Lipinski definition) is 2. The summed E-state index contributed by atoms with van der Waals surface area (Å²) < 4.78 is 26.5. The Bertz CT molecular complexity index is 872. The van der Waals surface area contributed by atoms with Gasteiger partial charge < -0.3 is 10.6 Å². The summed E-state index contributed by atoms with van der Waals surface area (Å²) in [5.74, 6) is -2.84. The van der Waals surface area contributed by atoms with Gasteiger partial charge in [-0.15, -0.1) is 0 Å². The molecule has 28 heavy (non-hydrogen) atoms. The molecule has 0 aromatic heterocycles. The number of nitrogens with zero attached hydrogens (tertiary/aromatic N) is 1. The molecule has 1 aliphatic rings. The molecule has 2 amide bonds. The van der Waals surface area contributed by atoms with Crippen molar-refractivity contribution in [1.29, 1.82) is 0 Å². The van der Waals surface area contributed by atoms with Gasteiger partial charge >= 0.3 is 0 Å². The molecule has 0 saturated heterocycles. The standard InChI is InChI=1S/C21H23F2N3O2/c1-14(26-9-8-15-4-2-3-5-16(15)13-26)11-24-20(27)12-25-21(28)18-7-6-17(22)10-19(18)23/h2-7,10,14H,8-9,11-13H2,1H3,(H,24,27)(H,25,28). The summed E-state index contributed by atoms with van der Waals surface area (Å²) in [6.07, 6.45) is 0.980. The molecule has 0 bridgehead atoms. The zero-order valence-electron chi connectivity index (χ0n) is 15.7. The Balaban J connectivity index is 1.43. The molecule has 0 fully saturated rings. The Hall–Kier alpha value is -2.80. The Morgan fingerprint density at radius 2 is 1.86 bits per heavy atom. The van der Waals surface area contributed by atoms with E-state index in [0.717, 1.165) is 31.6 Å². The molecule has 2 N–H and O–H groups in total. The number of rotatable bonds is 6. The van der Waals surface area contributed by atoms with E-state index in [1.807, 2.05) is 19.1 Å². The van der Waals surface area contributed by atoms with E-state index in [9.17, 15) is 18.4 Å². The fourth-order valence-electron chi connectivity index (χ4n) is 3.28. The van der Waals surface area contributed by atoms with Crippen LogP contribution in [0.2, 0.25) is 0 Å². The van der Waals surface area contributed by atoms with Crippen LogP contribution in [0.4, 0.5) is 8.78 Å². The molecule has 3 rings (SSSR count). The lowest BCUT2D eigenvalue weighted by atomic mass is 9.99. The second-order valence-corrected chi connectivity index (χ2v) is 6.95. The fraction of sp³-hybridized carbons (Fsp3) is 0.333. The van der Waals surface area contributed by atoms with Crippen LogP contribution >= 0.6 is 0 Å². The van der Waals surface area contributed by atoms with Crippen LogP contribution in [-0.4, -0.2) is 42.4 Å². The molecular weight excluding hydrogens is 364 g/mol. The first-order chi connectivity index (χ1) is 13.4. The topological polar surface area (TPSA) is 61.4 Å². The van der Waals surface area contributed by atoms with Crippen LogP contribution < -0.4 is 10.6 Å². The number of halogens is 2. The van der Waals surface area contributed by atoms with E-state index in [1.54, 1.807) is 0 Å². The summed E-state index contributed by atoms with van der Waals surface area (Å²) in [7, 11) is 0. The van der Waals surface area contributed by atoms with Crippen LogP contribution in [0.1, 0.15) is 28.4 Å². The van der Waals surface area contributed by atoms with Gasteiger partial charge in [-0.05, 0) is 36.6 Å². The number of amides is 2. The normalized spacial score (nSPS) is 14.8. The van der Waals surface area contributed by atoms with Gasteiger partial charge in [0.2, 0.25) is 5.91 Å². The summed E-state index contributed by atoms with van der Waals surface area (Å²) in [6, 6.07) is 11.2. The minimum Gasteiger partial charge on any atom is -0.353 e. The quantitative estimate of drug-likeness (QED) is 0.799. The van der Waals surface area contributed by atoms with Crippen molar-refractivity contribution in [3.63, 3.8) is 0 Å². The van der Waals surface area contributed by atoms with Crippen LogP contribution in [0.3, 0.4) is 0 Å². The molecule has 0 aliphatic carbocycles. The molecule has 1 aliphatic heterocycles. The van der Waals surface area contributed by atoms with E-state index >= 15 is 0 Å². The van der Waals surface area contributed by atoms with Crippen LogP contribution in [0.5, 0.6) is 0 Å². The Labute approximate surface area is 162 Å². The number of nitrogens with one attached hydrogen (secondary N) is 2. The molecule has 5 nitrogen and oxygen atoms in total. The summed E-state index contributed by atoms with van der Waals surface area (Å²) in [4.78, 5) is 26.2. The third-order valence-electron chi connectivity index (χ3n) is 4.96. The van der Waals surface area contributed by atoms with E-state index in [1.165, 1.54) is 11.1 Å². The maximum Gasteiger partial charge on any atom is 0.254 e. The third kappa shape index (κ3) is 4.92. The molecule has 2 aromatic rings. The Kier molecular flexibility index (Phi) is 6.36. The van der Waals surface area contributed by atoms with Gasteiger partial charge in [-0.25, -0.2) is 8.78 Å². The van der Waals surface area contributed by atoms with E-state index in [0.29, 0.717) is 12.6 Å². The van der Waals surface area contributed by atoms with Gasteiger partial charge in [-0.1, -0.05) is 24.3 Å². The summed E-state index contributed by atoms with van der Waals surface area (Å²) >= 11 is 0. The first-order valence-corrected chi connectivity index (χ1v) is 9.25. The zero-order valence-corrected chi connectivity index (χ0v) is 15.7. The summed E-state index contributed by atoms with van der Waals surface area (Å²) in [5, 5.41) is 5.13. The molecular formula is C21H23F2N3O2. The fourth-order valence-corrected chi connectivity index (χ4v) is 3.28. The van der Waals surface area contributed by atoms with Gasteiger partial charge in [0.1, 0.15) is 11.6 Å². The van der Waals surface area contributed by atoms with E-state index < -0.39 is 17.5 Å². The van der Waals surface area contributed by atoms with Gasteiger partial charge in [-0.2, -0.15) is 0 Å². The van der Waals surface area contributed by atoms with Crippen molar-refractivity contribution in [3.05, 3.63) is 70.8 Å². The minimum atomic E-state index is -0.961. The molecule has 7 heteroatoms. The highest BCUT2D eigenvalue weighted by molar-refractivity contribution is 5.96. The minimum absolute atomic E-state index is 0.141. The lowest BCUT2D eigenvalue weighted by Crippen LogP contribution is -2.46. The van der Waals surface area contributed by atoms with Gasteiger partial charge in [-0.3, -0.25) is 14.5 Å². The van der Waals surface area contributed by atoms with Crippen LogP contribution in [0.25, 0.3) is 0 Å². The predicted octanol–water partition coefficient (Wildman–Crippen LogP) is 2.26. The van der Waals surface area contributed by atoms with Crippen LogP contribution in [0.15, 0.2) is 42.5 Å². The maximum atomic E-state index is 13.6. The average Bonchev–Trinajstić information content (AvgIpc) is 2.69. The molecule has 2 aromatic carbocycles. The lowest BCUT2D eigenvalue weighted by molar-refractivity contribution is -0.120. The molecule has 0 saturated carbocycles. The van der Waals surface area contributed by atoms with Crippen molar-refractivity contribution >= 4 is 11.8 Å². The van der Waals surface area contributed by atoms with Gasteiger partial charge in [0, 0.05) is 31.7 Å². The second-order valence-electron chi connectivity index (χ2n) is 6.95. The highest BCUT2D eigenvalue weighted by atomic mass is 19.1. The van der Waals surface area contributed by atoms with Gasteiger partial charge in [0.25, 0.3) is 5.91 Å².